The van der Waals surface area contributed by atoms with E-state index in [1.165, 1.54) is 5.56 Å². The Morgan fingerprint density at radius 2 is 2.05 bits per heavy atom. The van der Waals surface area contributed by atoms with Gasteiger partial charge < -0.3 is 5.32 Å². The zero-order chi connectivity index (χ0) is 13.8. The van der Waals surface area contributed by atoms with Crippen molar-refractivity contribution in [1.82, 2.24) is 15.1 Å². The first-order valence-corrected chi connectivity index (χ1v) is 7.44. The number of likely N-dealkylation sites (N-methyl/N-ethyl adjacent to an activating group) is 1. The van der Waals surface area contributed by atoms with Crippen molar-refractivity contribution in [2.24, 2.45) is 7.05 Å². The summed E-state index contributed by atoms with van der Waals surface area (Å²) in [6.07, 6.45) is 2.74. The third kappa shape index (κ3) is 3.59. The molecule has 1 aromatic carbocycles. The van der Waals surface area contributed by atoms with E-state index in [0.717, 1.165) is 28.2 Å². The molecule has 1 N–H and O–H groups in total. The Labute approximate surface area is 127 Å². The number of hydrogen-bond acceptors (Lipinski definition) is 2. The van der Waals surface area contributed by atoms with E-state index in [4.69, 9.17) is 11.6 Å². The highest BCUT2D eigenvalue weighted by Gasteiger charge is 2.18. The van der Waals surface area contributed by atoms with Gasteiger partial charge in [-0.05, 0) is 46.6 Å². The number of halogens is 2. The van der Waals surface area contributed by atoms with Gasteiger partial charge in [0.15, 0.2) is 0 Å². The lowest BCUT2D eigenvalue weighted by Gasteiger charge is -2.19. The fourth-order valence-electron chi connectivity index (χ4n) is 2.18. The lowest BCUT2D eigenvalue weighted by Crippen LogP contribution is -2.25. The molecule has 2 aromatic rings. The highest BCUT2D eigenvalue weighted by Crippen LogP contribution is 2.26. The van der Waals surface area contributed by atoms with Gasteiger partial charge in [-0.15, -0.1) is 0 Å². The summed E-state index contributed by atoms with van der Waals surface area (Å²) in [5.74, 6) is 0. The van der Waals surface area contributed by atoms with Crippen molar-refractivity contribution in [3.63, 3.8) is 0 Å². The molecule has 0 aliphatic heterocycles. The Morgan fingerprint density at radius 1 is 1.37 bits per heavy atom. The van der Waals surface area contributed by atoms with Crippen LogP contribution < -0.4 is 5.32 Å². The standard InChI is InChI=1S/C14H17BrClN3/c1-3-17-13(14-12(15)9-18-19(14)2)8-10-4-6-11(16)7-5-10/h4-7,9,13,17H,3,8H2,1-2H3. The molecule has 0 saturated carbocycles. The molecular weight excluding hydrogens is 326 g/mol. The van der Waals surface area contributed by atoms with Crippen LogP contribution in [0, 0.1) is 0 Å². The molecule has 3 nitrogen and oxygen atoms in total. The highest BCUT2D eigenvalue weighted by molar-refractivity contribution is 9.10. The highest BCUT2D eigenvalue weighted by atomic mass is 79.9. The molecule has 0 fully saturated rings. The minimum atomic E-state index is 0.230. The summed E-state index contributed by atoms with van der Waals surface area (Å²) < 4.78 is 2.95. The molecule has 5 heteroatoms. The van der Waals surface area contributed by atoms with Crippen LogP contribution in [-0.4, -0.2) is 16.3 Å². The topological polar surface area (TPSA) is 29.9 Å². The number of hydrogen-bond donors (Lipinski definition) is 1. The first-order chi connectivity index (χ1) is 9.11. The molecule has 19 heavy (non-hydrogen) atoms. The van der Waals surface area contributed by atoms with E-state index < -0.39 is 0 Å². The van der Waals surface area contributed by atoms with E-state index in [1.54, 1.807) is 0 Å². The van der Waals surface area contributed by atoms with Crippen molar-refractivity contribution < 1.29 is 0 Å². The predicted molar refractivity (Wildman–Crippen MR) is 82.5 cm³/mol. The Hall–Kier alpha value is -0.840. The second-order valence-corrected chi connectivity index (χ2v) is 5.73. The Balaban J connectivity index is 2.23. The summed E-state index contributed by atoms with van der Waals surface area (Å²) in [6, 6.07) is 8.22. The summed E-state index contributed by atoms with van der Waals surface area (Å²) in [5.41, 5.74) is 2.42. The monoisotopic (exact) mass is 341 g/mol. The van der Waals surface area contributed by atoms with Crippen LogP contribution in [-0.2, 0) is 13.5 Å². The van der Waals surface area contributed by atoms with Crippen LogP contribution in [0.1, 0.15) is 24.2 Å². The molecule has 0 amide bonds. The van der Waals surface area contributed by atoms with E-state index in [-0.39, 0.29) is 6.04 Å². The Morgan fingerprint density at radius 3 is 2.58 bits per heavy atom. The molecule has 1 aromatic heterocycles. The SMILES string of the molecule is CCNC(Cc1ccc(Cl)cc1)c1c(Br)cnn1C. The largest absolute Gasteiger partial charge is 0.309 e. The smallest absolute Gasteiger partial charge is 0.0695 e. The number of aromatic nitrogens is 2. The molecule has 0 aliphatic carbocycles. The van der Waals surface area contributed by atoms with Gasteiger partial charge in [0.2, 0.25) is 0 Å². The summed E-state index contributed by atoms with van der Waals surface area (Å²) in [5, 5.41) is 8.56. The maximum atomic E-state index is 5.92. The molecule has 0 spiro atoms. The van der Waals surface area contributed by atoms with E-state index in [1.807, 2.05) is 30.1 Å². The van der Waals surface area contributed by atoms with Gasteiger partial charge in [0.25, 0.3) is 0 Å². The number of rotatable bonds is 5. The molecule has 1 atom stereocenters. The second kappa shape index (κ2) is 6.55. The first kappa shape index (κ1) is 14.6. The third-order valence-corrected chi connectivity index (χ3v) is 3.93. The summed E-state index contributed by atoms with van der Waals surface area (Å²) in [4.78, 5) is 0. The van der Waals surface area contributed by atoms with Gasteiger partial charge in [-0.3, -0.25) is 4.68 Å². The van der Waals surface area contributed by atoms with Crippen LogP contribution in [0.25, 0.3) is 0 Å². The van der Waals surface area contributed by atoms with E-state index in [9.17, 15) is 0 Å². The zero-order valence-electron chi connectivity index (χ0n) is 11.0. The second-order valence-electron chi connectivity index (χ2n) is 4.44. The van der Waals surface area contributed by atoms with Crippen LogP contribution >= 0.6 is 27.5 Å². The molecule has 0 bridgehead atoms. The normalized spacial score (nSPS) is 12.6. The van der Waals surface area contributed by atoms with Gasteiger partial charge in [0.05, 0.1) is 22.4 Å². The molecule has 0 aliphatic rings. The average molecular weight is 343 g/mol. The van der Waals surface area contributed by atoms with E-state index in [0.29, 0.717) is 0 Å². The summed E-state index contributed by atoms with van der Waals surface area (Å²) in [7, 11) is 1.96. The van der Waals surface area contributed by atoms with Gasteiger partial charge in [-0.25, -0.2) is 0 Å². The first-order valence-electron chi connectivity index (χ1n) is 6.27. The van der Waals surface area contributed by atoms with Gasteiger partial charge >= 0.3 is 0 Å². The average Bonchev–Trinajstić information content (AvgIpc) is 2.71. The van der Waals surface area contributed by atoms with Crippen molar-refractivity contribution in [2.75, 3.05) is 6.54 Å². The quantitative estimate of drug-likeness (QED) is 0.897. The Kier molecular flexibility index (Phi) is 5.02. The lowest BCUT2D eigenvalue weighted by molar-refractivity contribution is 0.506. The van der Waals surface area contributed by atoms with Crippen molar-refractivity contribution in [2.45, 2.75) is 19.4 Å². The van der Waals surface area contributed by atoms with Crippen LogP contribution in [0.3, 0.4) is 0 Å². The van der Waals surface area contributed by atoms with Gasteiger partial charge in [0, 0.05) is 12.1 Å². The molecule has 2 rings (SSSR count). The third-order valence-electron chi connectivity index (χ3n) is 3.07. The molecule has 1 unspecified atom stereocenters. The van der Waals surface area contributed by atoms with Crippen molar-refractivity contribution in [3.8, 4) is 0 Å². The minimum Gasteiger partial charge on any atom is -0.309 e. The van der Waals surface area contributed by atoms with Crippen molar-refractivity contribution in [3.05, 3.63) is 51.2 Å². The fourth-order valence-corrected chi connectivity index (χ4v) is 2.93. The van der Waals surface area contributed by atoms with Crippen LogP contribution in [0.5, 0.6) is 0 Å². The number of aryl methyl sites for hydroxylation is 1. The van der Waals surface area contributed by atoms with Gasteiger partial charge in [0.1, 0.15) is 0 Å². The lowest BCUT2D eigenvalue weighted by atomic mass is 10.0. The number of nitrogens with one attached hydrogen (secondary N) is 1. The molecule has 0 saturated heterocycles. The van der Waals surface area contributed by atoms with Crippen LogP contribution in [0.4, 0.5) is 0 Å². The zero-order valence-corrected chi connectivity index (χ0v) is 13.4. The molecule has 1 heterocycles. The van der Waals surface area contributed by atoms with Crippen molar-refractivity contribution in [1.29, 1.82) is 0 Å². The maximum Gasteiger partial charge on any atom is 0.0695 e. The summed E-state index contributed by atoms with van der Waals surface area (Å²) >= 11 is 9.49. The van der Waals surface area contributed by atoms with Crippen molar-refractivity contribution >= 4 is 27.5 Å². The van der Waals surface area contributed by atoms with Crippen LogP contribution in [0.15, 0.2) is 34.9 Å². The van der Waals surface area contributed by atoms with Crippen LogP contribution in [0.2, 0.25) is 5.02 Å². The Bertz CT molecular complexity index is 517. The van der Waals surface area contributed by atoms with Gasteiger partial charge in [-0.1, -0.05) is 30.7 Å². The fraction of sp³-hybridized carbons (Fsp3) is 0.357. The van der Waals surface area contributed by atoms with E-state index in [2.05, 4.69) is 45.4 Å². The molecular formula is C14H17BrClN3. The number of benzene rings is 1. The predicted octanol–water partition coefficient (Wildman–Crippen LogP) is 3.73. The van der Waals surface area contributed by atoms with Gasteiger partial charge in [-0.2, -0.15) is 5.10 Å². The van der Waals surface area contributed by atoms with E-state index >= 15 is 0 Å². The maximum absolute atomic E-state index is 5.92. The number of nitrogens with zero attached hydrogens (tertiary/aromatic N) is 2. The molecule has 0 radical (unpaired) electrons. The molecule has 102 valence electrons. The minimum absolute atomic E-state index is 0.230. The summed E-state index contributed by atoms with van der Waals surface area (Å²) in [6.45, 7) is 3.02.